The predicted molar refractivity (Wildman–Crippen MR) is 173 cm³/mol. The maximum Gasteiger partial charge on any atom is 0.243 e. The summed E-state index contributed by atoms with van der Waals surface area (Å²) in [6, 6.07) is 22.6. The smallest absolute Gasteiger partial charge is 0.243 e. The second-order valence-electron chi connectivity index (χ2n) is 12.1. The topological polar surface area (TPSA) is 141 Å². The summed E-state index contributed by atoms with van der Waals surface area (Å²) in [5.41, 5.74) is 4.90. The van der Waals surface area contributed by atoms with Crippen molar-refractivity contribution < 1.29 is 34.5 Å². The Bertz CT molecular complexity index is 1430. The Morgan fingerprint density at radius 1 is 0.870 bits per heavy atom. The molecular weight excluding hydrogens is 610 g/mol. The molecule has 0 unspecified atom stereocenters. The van der Waals surface area contributed by atoms with Crippen LogP contribution in [0.25, 0.3) is 0 Å². The van der Waals surface area contributed by atoms with Crippen molar-refractivity contribution in [2.45, 2.75) is 75.7 Å². The fourth-order valence-electron chi connectivity index (χ4n) is 6.05. The van der Waals surface area contributed by atoms with Crippen molar-refractivity contribution in [1.29, 1.82) is 0 Å². The minimum absolute atomic E-state index is 0.0265. The number of carbonyl (C=O) groups is 2. The van der Waals surface area contributed by atoms with Crippen LogP contribution in [-0.4, -0.2) is 57.9 Å². The molecule has 46 heavy (non-hydrogen) atoms. The molecule has 10 nitrogen and oxygen atoms in total. The highest BCUT2D eigenvalue weighted by Crippen LogP contribution is 2.39. The van der Waals surface area contributed by atoms with Crippen molar-refractivity contribution in [3.63, 3.8) is 0 Å². The summed E-state index contributed by atoms with van der Waals surface area (Å²) in [7, 11) is 0. The number of benzene rings is 3. The van der Waals surface area contributed by atoms with Gasteiger partial charge in [-0.3, -0.25) is 14.8 Å². The van der Waals surface area contributed by atoms with E-state index in [2.05, 4.69) is 10.2 Å². The van der Waals surface area contributed by atoms with E-state index in [-0.39, 0.29) is 37.6 Å². The van der Waals surface area contributed by atoms with Crippen molar-refractivity contribution in [3.05, 3.63) is 100 Å². The third-order valence-electron chi connectivity index (χ3n) is 8.79. The number of aliphatic hydroxyl groups excluding tert-OH is 1. The molecule has 2 fully saturated rings. The molecule has 5 N–H and O–H groups in total. The molecule has 11 heteroatoms. The molecule has 0 radical (unpaired) electrons. The average molecular weight is 652 g/mol. The number of aliphatic hydroxyl groups is 2. The van der Waals surface area contributed by atoms with Gasteiger partial charge in [-0.25, -0.2) is 5.48 Å². The molecule has 2 saturated heterocycles. The zero-order chi connectivity index (χ0) is 32.5. The average Bonchev–Trinajstić information content (AvgIpc) is 3.08. The van der Waals surface area contributed by atoms with Gasteiger partial charge in [-0.2, -0.15) is 0 Å². The monoisotopic (exact) mass is 651 g/mol. The fourth-order valence-corrected chi connectivity index (χ4v) is 6.18. The molecule has 0 spiro atoms. The van der Waals surface area contributed by atoms with Gasteiger partial charge in [0.2, 0.25) is 11.8 Å². The number of halogens is 1. The molecule has 3 atom stereocenters. The van der Waals surface area contributed by atoms with Gasteiger partial charge in [0.05, 0.1) is 24.4 Å². The van der Waals surface area contributed by atoms with Gasteiger partial charge in [0.1, 0.15) is 0 Å². The van der Waals surface area contributed by atoms with Crippen molar-refractivity contribution >= 4 is 29.1 Å². The van der Waals surface area contributed by atoms with Crippen LogP contribution in [-0.2, 0) is 31.3 Å². The fraction of sp³-hybridized carbons (Fsp3) is 0.429. The van der Waals surface area contributed by atoms with Crippen LogP contribution >= 0.6 is 11.6 Å². The highest BCUT2D eigenvalue weighted by Gasteiger charge is 2.37. The van der Waals surface area contributed by atoms with E-state index in [1.807, 2.05) is 72.8 Å². The molecule has 3 aromatic rings. The van der Waals surface area contributed by atoms with Gasteiger partial charge in [-0.15, -0.1) is 0 Å². The maximum atomic E-state index is 12.4. The van der Waals surface area contributed by atoms with Gasteiger partial charge >= 0.3 is 0 Å². The number of likely N-dealkylation sites (tertiary alicyclic amines) is 1. The van der Waals surface area contributed by atoms with Crippen LogP contribution in [0, 0.1) is 0 Å². The SMILES string of the molecule is O=C(CCCCC(=O)Nc1ccc([C@H]2O[C@@H](CN3CCC(O)(c4ccc(Cl)cc4)CC3)C[C@@H](c3ccc(CO)cc3)O2)cc1)NO. The molecule has 2 amide bonds. The second kappa shape index (κ2) is 16.0. The lowest BCUT2D eigenvalue weighted by Gasteiger charge is -2.42. The van der Waals surface area contributed by atoms with Gasteiger partial charge in [0.25, 0.3) is 0 Å². The quantitative estimate of drug-likeness (QED) is 0.100. The minimum Gasteiger partial charge on any atom is -0.392 e. The van der Waals surface area contributed by atoms with E-state index < -0.39 is 17.8 Å². The van der Waals surface area contributed by atoms with Crippen LogP contribution < -0.4 is 10.8 Å². The highest BCUT2D eigenvalue weighted by atomic mass is 35.5. The third-order valence-corrected chi connectivity index (χ3v) is 9.04. The molecule has 246 valence electrons. The minimum atomic E-state index is -0.884. The number of carbonyl (C=O) groups excluding carboxylic acids is 2. The number of amides is 2. The number of nitrogens with zero attached hydrogens (tertiary/aromatic N) is 1. The first-order valence-corrected chi connectivity index (χ1v) is 16.2. The van der Waals surface area contributed by atoms with Crippen molar-refractivity contribution in [3.8, 4) is 0 Å². The Hall–Kier alpha value is -3.35. The molecule has 2 heterocycles. The van der Waals surface area contributed by atoms with E-state index in [0.717, 1.165) is 35.3 Å². The molecule has 0 aliphatic carbocycles. The third kappa shape index (κ3) is 9.13. The van der Waals surface area contributed by atoms with Crippen LogP contribution in [0.5, 0.6) is 0 Å². The van der Waals surface area contributed by atoms with Crippen LogP contribution in [0.1, 0.15) is 79.6 Å². The number of hydrogen-bond donors (Lipinski definition) is 5. The van der Waals surface area contributed by atoms with Gasteiger partial charge in [0, 0.05) is 55.2 Å². The van der Waals surface area contributed by atoms with Gasteiger partial charge in [0.15, 0.2) is 6.29 Å². The molecule has 3 aromatic carbocycles. The first kappa shape index (κ1) is 34.0. The number of anilines is 1. The summed E-state index contributed by atoms with van der Waals surface area (Å²) in [6.07, 6.45) is 2.35. The number of unbranched alkanes of at least 4 members (excludes halogenated alkanes) is 1. The summed E-state index contributed by atoms with van der Waals surface area (Å²) in [5.74, 6) is -0.620. The van der Waals surface area contributed by atoms with Crippen LogP contribution in [0.3, 0.4) is 0 Å². The largest absolute Gasteiger partial charge is 0.392 e. The lowest BCUT2D eigenvalue weighted by atomic mass is 9.84. The second-order valence-corrected chi connectivity index (χ2v) is 12.5. The van der Waals surface area contributed by atoms with E-state index in [1.54, 1.807) is 5.48 Å². The number of ether oxygens (including phenoxy) is 2. The van der Waals surface area contributed by atoms with Crippen LogP contribution in [0.4, 0.5) is 5.69 Å². The van der Waals surface area contributed by atoms with E-state index in [1.165, 1.54) is 0 Å². The Labute approximate surface area is 274 Å². The number of piperidine rings is 1. The van der Waals surface area contributed by atoms with E-state index in [0.29, 0.717) is 49.4 Å². The zero-order valence-electron chi connectivity index (χ0n) is 25.7. The first-order chi connectivity index (χ1) is 22.2. The van der Waals surface area contributed by atoms with Gasteiger partial charge < -0.3 is 29.9 Å². The summed E-state index contributed by atoms with van der Waals surface area (Å²) < 4.78 is 13.0. The normalized spacial score (nSPS) is 21.4. The Morgan fingerprint density at radius 2 is 1.50 bits per heavy atom. The molecular formula is C35H42ClN3O7. The lowest BCUT2D eigenvalue weighted by Crippen LogP contribution is -2.46. The lowest BCUT2D eigenvalue weighted by molar-refractivity contribution is -0.253. The summed E-state index contributed by atoms with van der Waals surface area (Å²) >= 11 is 6.06. The van der Waals surface area contributed by atoms with Gasteiger partial charge in [-0.05, 0) is 66.6 Å². The van der Waals surface area contributed by atoms with E-state index >= 15 is 0 Å². The van der Waals surface area contributed by atoms with Crippen LogP contribution in [0.2, 0.25) is 5.02 Å². The summed E-state index contributed by atoms with van der Waals surface area (Å²) in [5, 5.41) is 33.0. The number of hydrogen-bond acceptors (Lipinski definition) is 8. The number of nitrogens with one attached hydrogen (secondary N) is 2. The highest BCUT2D eigenvalue weighted by molar-refractivity contribution is 6.30. The summed E-state index contributed by atoms with van der Waals surface area (Å²) in [6.45, 7) is 2.12. The molecule has 2 aliphatic heterocycles. The summed E-state index contributed by atoms with van der Waals surface area (Å²) in [4.78, 5) is 25.8. The molecule has 0 saturated carbocycles. The molecule has 5 rings (SSSR count). The van der Waals surface area contributed by atoms with E-state index in [9.17, 15) is 19.8 Å². The Balaban J connectivity index is 1.22. The standard InChI is InChI=1S/C35H42ClN3O7/c36-28-13-11-27(12-14-28)35(43)17-19-39(20-18-35)22-30-21-31(25-7-5-24(23-40)6-8-25)46-34(45-30)26-9-15-29(16-10-26)37-32(41)3-1-2-4-33(42)38-44/h5-16,30-31,34,40,43-44H,1-4,17-23H2,(H,37,41)(H,38,42)/t30-,31+,34+/m1/s1. The molecule has 2 aliphatic rings. The zero-order valence-corrected chi connectivity index (χ0v) is 26.5. The number of hydroxylamine groups is 1. The van der Waals surface area contributed by atoms with E-state index in [4.69, 9.17) is 26.3 Å². The van der Waals surface area contributed by atoms with Crippen molar-refractivity contribution in [2.75, 3.05) is 25.0 Å². The Morgan fingerprint density at radius 3 is 2.13 bits per heavy atom. The van der Waals surface area contributed by atoms with Crippen molar-refractivity contribution in [2.24, 2.45) is 0 Å². The van der Waals surface area contributed by atoms with Crippen LogP contribution in [0.15, 0.2) is 72.8 Å². The molecule has 0 aromatic heterocycles. The Kier molecular flexibility index (Phi) is 11.8. The molecule has 0 bridgehead atoms. The number of rotatable bonds is 12. The van der Waals surface area contributed by atoms with Gasteiger partial charge in [-0.1, -0.05) is 60.1 Å². The van der Waals surface area contributed by atoms with Crippen molar-refractivity contribution in [1.82, 2.24) is 10.4 Å². The predicted octanol–water partition coefficient (Wildman–Crippen LogP) is 5.37. The maximum absolute atomic E-state index is 12.4. The first-order valence-electron chi connectivity index (χ1n) is 15.8.